The van der Waals surface area contributed by atoms with E-state index in [-0.39, 0.29) is 15.8 Å². The zero-order chi connectivity index (χ0) is 20.4. The minimum absolute atomic E-state index is 0.229. The Bertz CT molecular complexity index is 1050. The van der Waals surface area contributed by atoms with Gasteiger partial charge in [0.1, 0.15) is 18.2 Å². The molecule has 2 atom stereocenters. The Morgan fingerprint density at radius 1 is 1.31 bits per heavy atom. The minimum Gasteiger partial charge on any atom is -0.483 e. The van der Waals surface area contributed by atoms with Gasteiger partial charge in [-0.3, -0.25) is 4.72 Å². The molecule has 0 saturated heterocycles. The highest BCUT2D eigenvalue weighted by Crippen LogP contribution is 2.31. The average molecular weight is 437 g/mol. The number of anilines is 1. The van der Waals surface area contributed by atoms with Crippen molar-refractivity contribution in [1.82, 2.24) is 14.7 Å². The second kappa shape index (κ2) is 8.52. The van der Waals surface area contributed by atoms with E-state index >= 15 is 0 Å². The summed E-state index contributed by atoms with van der Waals surface area (Å²) in [5.41, 5.74) is 3.29. The molecule has 1 aromatic heterocycles. The number of nitrogens with zero attached hydrogens (tertiary/aromatic N) is 2. The van der Waals surface area contributed by atoms with Crippen LogP contribution in [0.25, 0.3) is 0 Å². The maximum Gasteiger partial charge on any atom is 0.214 e. The van der Waals surface area contributed by atoms with E-state index in [9.17, 15) is 13.0 Å². The number of fused-ring (bicyclic) bond motifs is 1. The van der Waals surface area contributed by atoms with Crippen molar-refractivity contribution in [3.63, 3.8) is 0 Å². The van der Waals surface area contributed by atoms with Crippen LogP contribution in [-0.2, 0) is 24.0 Å². The van der Waals surface area contributed by atoms with Gasteiger partial charge in [-0.25, -0.2) is 18.0 Å². The van der Waals surface area contributed by atoms with Crippen molar-refractivity contribution in [2.45, 2.75) is 30.9 Å². The Labute approximate surface area is 173 Å². The molecule has 0 spiro atoms. The standard InChI is InChI=1S/C19H18F2N4O2S2/c1-11(13-4-2-3-12-5-6-22-9-14(12)13)27-17-7-16(21)18(8-15(17)20)29(26)25-19-23-10-24-28-19/h2-4,7-8,10-11,22H,5-6,9H2,1H3,(H,23,24,25)/t11-,29?/m0/s1. The first-order chi connectivity index (χ1) is 14.0. The van der Waals surface area contributed by atoms with Crippen LogP contribution >= 0.6 is 11.5 Å². The molecule has 0 aliphatic carbocycles. The first-order valence-electron chi connectivity index (χ1n) is 8.95. The molecule has 2 aromatic carbocycles. The van der Waals surface area contributed by atoms with Gasteiger partial charge in [0.05, 0.1) is 4.90 Å². The van der Waals surface area contributed by atoms with Gasteiger partial charge in [0.15, 0.2) is 22.6 Å². The van der Waals surface area contributed by atoms with Crippen LogP contribution < -0.4 is 14.8 Å². The van der Waals surface area contributed by atoms with Crippen molar-refractivity contribution in [1.29, 1.82) is 0 Å². The number of benzene rings is 2. The summed E-state index contributed by atoms with van der Waals surface area (Å²) in [5, 5.41) is 3.57. The summed E-state index contributed by atoms with van der Waals surface area (Å²) >= 11 is 0.965. The molecule has 2 heterocycles. The third kappa shape index (κ3) is 4.29. The van der Waals surface area contributed by atoms with Crippen LogP contribution in [0.4, 0.5) is 13.9 Å². The van der Waals surface area contributed by atoms with Gasteiger partial charge in [-0.1, -0.05) is 18.2 Å². The molecule has 10 heteroatoms. The van der Waals surface area contributed by atoms with Gasteiger partial charge in [-0.2, -0.15) is 4.37 Å². The summed E-state index contributed by atoms with van der Waals surface area (Å²) in [6.07, 6.45) is 1.72. The SMILES string of the molecule is C[C@H](Oc1cc(F)c(S(=O)Nc2ncns2)cc1F)c1cccc2c1CNCC2. The topological polar surface area (TPSA) is 76.1 Å². The highest BCUT2D eigenvalue weighted by Gasteiger charge is 2.21. The first-order valence-corrected chi connectivity index (χ1v) is 10.9. The number of ether oxygens (including phenoxy) is 1. The lowest BCUT2D eigenvalue weighted by Gasteiger charge is -2.24. The summed E-state index contributed by atoms with van der Waals surface area (Å²) in [5.74, 6) is -1.85. The molecule has 2 N–H and O–H groups in total. The van der Waals surface area contributed by atoms with E-state index in [0.717, 1.165) is 47.8 Å². The van der Waals surface area contributed by atoms with Crippen LogP contribution in [0.2, 0.25) is 0 Å². The zero-order valence-electron chi connectivity index (χ0n) is 15.4. The van der Waals surface area contributed by atoms with Crippen LogP contribution in [0.3, 0.4) is 0 Å². The summed E-state index contributed by atoms with van der Waals surface area (Å²) < 4.78 is 53.4. The molecular formula is C19H18F2N4O2S2. The number of aromatic nitrogens is 2. The van der Waals surface area contributed by atoms with Crippen molar-refractivity contribution in [2.75, 3.05) is 11.3 Å². The average Bonchev–Trinajstić information content (AvgIpc) is 3.22. The first kappa shape index (κ1) is 19.9. The lowest BCUT2D eigenvalue weighted by Crippen LogP contribution is -2.25. The third-order valence-electron chi connectivity index (χ3n) is 4.65. The Morgan fingerprint density at radius 3 is 2.97 bits per heavy atom. The van der Waals surface area contributed by atoms with Crippen LogP contribution in [0.5, 0.6) is 5.75 Å². The molecule has 0 saturated carbocycles. The molecule has 29 heavy (non-hydrogen) atoms. The van der Waals surface area contributed by atoms with Gasteiger partial charge in [0.25, 0.3) is 0 Å². The molecule has 4 rings (SSSR count). The van der Waals surface area contributed by atoms with Gasteiger partial charge < -0.3 is 10.1 Å². The molecule has 0 radical (unpaired) electrons. The molecule has 152 valence electrons. The highest BCUT2D eigenvalue weighted by molar-refractivity contribution is 7.86. The Balaban J connectivity index is 1.55. The van der Waals surface area contributed by atoms with E-state index in [4.69, 9.17) is 4.74 Å². The predicted molar refractivity (Wildman–Crippen MR) is 107 cm³/mol. The molecule has 0 bridgehead atoms. The van der Waals surface area contributed by atoms with Crippen LogP contribution in [0.15, 0.2) is 41.6 Å². The fourth-order valence-electron chi connectivity index (χ4n) is 3.27. The lowest BCUT2D eigenvalue weighted by atomic mass is 9.93. The number of halogens is 2. The number of hydrogen-bond acceptors (Lipinski definition) is 6. The van der Waals surface area contributed by atoms with Gasteiger partial charge in [0, 0.05) is 24.1 Å². The van der Waals surface area contributed by atoms with Crippen molar-refractivity contribution < 1.29 is 17.7 Å². The smallest absolute Gasteiger partial charge is 0.214 e. The van der Waals surface area contributed by atoms with Crippen LogP contribution in [0.1, 0.15) is 29.7 Å². The quantitative estimate of drug-likeness (QED) is 0.616. The van der Waals surface area contributed by atoms with Crippen LogP contribution in [-0.4, -0.2) is 20.1 Å². The van der Waals surface area contributed by atoms with E-state index < -0.39 is 28.7 Å². The highest BCUT2D eigenvalue weighted by atomic mass is 32.2. The Hall–Kier alpha value is -2.43. The molecular weight excluding hydrogens is 418 g/mol. The van der Waals surface area contributed by atoms with E-state index in [0.29, 0.717) is 6.54 Å². The lowest BCUT2D eigenvalue weighted by molar-refractivity contribution is 0.213. The fraction of sp³-hybridized carbons (Fsp3) is 0.263. The molecule has 0 fully saturated rings. The van der Waals surface area contributed by atoms with Crippen molar-refractivity contribution >= 4 is 27.6 Å². The molecule has 1 aliphatic heterocycles. The number of hydrogen-bond donors (Lipinski definition) is 2. The molecule has 3 aromatic rings. The van der Waals surface area contributed by atoms with Crippen molar-refractivity contribution in [3.05, 3.63) is 65.0 Å². The Kier molecular flexibility index (Phi) is 5.84. The maximum atomic E-state index is 14.6. The van der Waals surface area contributed by atoms with Gasteiger partial charge in [0.2, 0.25) is 5.13 Å². The van der Waals surface area contributed by atoms with Gasteiger partial charge in [-0.05, 0) is 42.6 Å². The van der Waals surface area contributed by atoms with E-state index in [1.165, 1.54) is 11.9 Å². The summed E-state index contributed by atoms with van der Waals surface area (Å²) in [6, 6.07) is 7.75. The molecule has 1 unspecified atom stereocenters. The van der Waals surface area contributed by atoms with Crippen molar-refractivity contribution in [3.8, 4) is 5.75 Å². The van der Waals surface area contributed by atoms with Crippen LogP contribution in [0, 0.1) is 11.6 Å². The van der Waals surface area contributed by atoms with E-state index in [1.54, 1.807) is 6.92 Å². The van der Waals surface area contributed by atoms with E-state index in [1.807, 2.05) is 12.1 Å². The van der Waals surface area contributed by atoms with Crippen molar-refractivity contribution in [2.24, 2.45) is 0 Å². The second-order valence-corrected chi connectivity index (χ2v) is 8.46. The predicted octanol–water partition coefficient (Wildman–Crippen LogP) is 3.74. The molecule has 1 aliphatic rings. The van der Waals surface area contributed by atoms with Gasteiger partial charge >= 0.3 is 0 Å². The number of rotatable bonds is 6. The maximum absolute atomic E-state index is 14.6. The normalized spacial score (nSPS) is 15.4. The minimum atomic E-state index is -2.01. The van der Waals surface area contributed by atoms with Gasteiger partial charge in [-0.15, -0.1) is 0 Å². The third-order valence-corrected chi connectivity index (χ3v) is 6.45. The number of nitrogens with one attached hydrogen (secondary N) is 2. The summed E-state index contributed by atoms with van der Waals surface area (Å²) in [7, 11) is -2.01. The summed E-state index contributed by atoms with van der Waals surface area (Å²) in [4.78, 5) is 3.50. The molecule has 0 amide bonds. The molecule has 6 nitrogen and oxygen atoms in total. The zero-order valence-corrected chi connectivity index (χ0v) is 17.1. The largest absolute Gasteiger partial charge is 0.483 e. The van der Waals surface area contributed by atoms with E-state index in [2.05, 4.69) is 25.5 Å². The Morgan fingerprint density at radius 2 is 2.17 bits per heavy atom. The second-order valence-electron chi connectivity index (χ2n) is 6.50. The monoisotopic (exact) mass is 436 g/mol. The summed E-state index contributed by atoms with van der Waals surface area (Å²) in [6.45, 7) is 3.42. The fourth-order valence-corrected chi connectivity index (χ4v) is 4.70.